The fourth-order valence-corrected chi connectivity index (χ4v) is 2.17. The molecule has 0 spiro atoms. The van der Waals surface area contributed by atoms with Crippen LogP contribution in [0.25, 0.3) is 0 Å². The zero-order chi connectivity index (χ0) is 14.6. The zero-order valence-corrected chi connectivity index (χ0v) is 12.4. The molecule has 106 valence electrons. The number of nitrogen functional groups attached to an aromatic ring is 1. The predicted octanol–water partition coefficient (Wildman–Crippen LogP) is 3.19. The van der Waals surface area contributed by atoms with Crippen molar-refractivity contribution < 1.29 is 0 Å². The van der Waals surface area contributed by atoms with Crippen LogP contribution in [0.15, 0.2) is 36.4 Å². The second kappa shape index (κ2) is 5.90. The van der Waals surface area contributed by atoms with E-state index in [0.29, 0.717) is 11.6 Å². The molecule has 0 fully saturated rings. The van der Waals surface area contributed by atoms with E-state index < -0.39 is 0 Å². The van der Waals surface area contributed by atoms with Crippen molar-refractivity contribution in [2.45, 2.75) is 39.2 Å². The average Bonchev–Trinajstić information content (AvgIpc) is 2.36. The van der Waals surface area contributed by atoms with Gasteiger partial charge in [0.15, 0.2) is 0 Å². The summed E-state index contributed by atoms with van der Waals surface area (Å²) in [6.45, 7) is 6.19. The minimum absolute atomic E-state index is 0.0525. The fraction of sp³-hybridized carbons (Fsp3) is 0.375. The number of hydrogen-bond donors (Lipinski definition) is 2. The molecule has 4 heteroatoms. The fourth-order valence-electron chi connectivity index (χ4n) is 2.17. The largest absolute Gasteiger partial charge is 0.384 e. The van der Waals surface area contributed by atoms with E-state index >= 15 is 0 Å². The highest BCUT2D eigenvalue weighted by Gasteiger charge is 2.18. The van der Waals surface area contributed by atoms with E-state index in [4.69, 9.17) is 5.73 Å². The topological polar surface area (TPSA) is 63.8 Å². The van der Waals surface area contributed by atoms with E-state index in [1.165, 1.54) is 5.56 Å². The Hall–Kier alpha value is -2.10. The van der Waals surface area contributed by atoms with Crippen molar-refractivity contribution in [3.8, 4) is 0 Å². The molecule has 1 aromatic heterocycles. The zero-order valence-electron chi connectivity index (χ0n) is 12.4. The van der Waals surface area contributed by atoms with E-state index in [9.17, 15) is 0 Å². The highest BCUT2D eigenvalue weighted by atomic mass is 15.1. The molecular formula is C16H22N4. The van der Waals surface area contributed by atoms with Crippen molar-refractivity contribution in [2.75, 3.05) is 11.1 Å². The minimum atomic E-state index is -0.0525. The molecule has 0 atom stereocenters. The van der Waals surface area contributed by atoms with Crippen LogP contribution in [0, 0.1) is 6.92 Å². The number of nitrogens with one attached hydrogen (secondary N) is 1. The molecule has 0 aliphatic rings. The smallest absolute Gasteiger partial charge is 0.132 e. The molecule has 1 aromatic carbocycles. The van der Waals surface area contributed by atoms with Gasteiger partial charge in [-0.2, -0.15) is 0 Å². The second-order valence-electron chi connectivity index (χ2n) is 5.72. The summed E-state index contributed by atoms with van der Waals surface area (Å²) in [5, 5.41) is 3.44. The monoisotopic (exact) mass is 270 g/mol. The summed E-state index contributed by atoms with van der Waals surface area (Å²) < 4.78 is 0. The van der Waals surface area contributed by atoms with Crippen LogP contribution < -0.4 is 11.1 Å². The first-order valence-electron chi connectivity index (χ1n) is 6.88. The first kappa shape index (κ1) is 14.3. The SMILES string of the molecule is Cc1nc(N)cc(NC(C)(C)CCc2ccccc2)n1. The normalized spacial score (nSPS) is 11.3. The lowest BCUT2D eigenvalue weighted by atomic mass is 9.95. The summed E-state index contributed by atoms with van der Waals surface area (Å²) in [6, 6.07) is 12.3. The van der Waals surface area contributed by atoms with Crippen LogP contribution in [0.5, 0.6) is 0 Å². The number of rotatable bonds is 5. The maximum atomic E-state index is 5.75. The van der Waals surface area contributed by atoms with Crippen molar-refractivity contribution in [3.05, 3.63) is 47.8 Å². The van der Waals surface area contributed by atoms with Gasteiger partial charge in [0.05, 0.1) is 0 Å². The van der Waals surface area contributed by atoms with Gasteiger partial charge in [0.1, 0.15) is 17.5 Å². The standard InChI is InChI=1S/C16H22N4/c1-12-18-14(17)11-15(19-12)20-16(2,3)10-9-13-7-5-4-6-8-13/h4-8,11H,9-10H2,1-3H3,(H3,17,18,19,20). The number of benzene rings is 1. The van der Waals surface area contributed by atoms with Crippen LogP contribution in [0.2, 0.25) is 0 Å². The molecule has 0 saturated heterocycles. The molecule has 0 amide bonds. The molecule has 0 bridgehead atoms. The molecule has 4 nitrogen and oxygen atoms in total. The van der Waals surface area contributed by atoms with Gasteiger partial charge in [0.25, 0.3) is 0 Å². The summed E-state index contributed by atoms with van der Waals surface area (Å²) in [5.41, 5.74) is 7.05. The minimum Gasteiger partial charge on any atom is -0.384 e. The lowest BCUT2D eigenvalue weighted by Crippen LogP contribution is -2.32. The van der Waals surface area contributed by atoms with Gasteiger partial charge in [-0.1, -0.05) is 30.3 Å². The summed E-state index contributed by atoms with van der Waals surface area (Å²) >= 11 is 0. The van der Waals surface area contributed by atoms with Gasteiger partial charge in [0.2, 0.25) is 0 Å². The van der Waals surface area contributed by atoms with Gasteiger partial charge in [0, 0.05) is 11.6 Å². The van der Waals surface area contributed by atoms with E-state index in [-0.39, 0.29) is 5.54 Å². The molecule has 0 radical (unpaired) electrons. The Morgan fingerprint density at radius 2 is 1.85 bits per heavy atom. The first-order valence-corrected chi connectivity index (χ1v) is 6.88. The molecule has 0 aliphatic carbocycles. The van der Waals surface area contributed by atoms with E-state index in [1.54, 1.807) is 6.07 Å². The molecular weight excluding hydrogens is 248 g/mol. The van der Waals surface area contributed by atoms with Crippen LogP contribution in [-0.4, -0.2) is 15.5 Å². The highest BCUT2D eigenvalue weighted by molar-refractivity contribution is 5.46. The maximum Gasteiger partial charge on any atom is 0.132 e. The lowest BCUT2D eigenvalue weighted by Gasteiger charge is -2.27. The molecule has 3 N–H and O–H groups in total. The van der Waals surface area contributed by atoms with Crippen molar-refractivity contribution in [1.82, 2.24) is 9.97 Å². The lowest BCUT2D eigenvalue weighted by molar-refractivity contribution is 0.516. The van der Waals surface area contributed by atoms with E-state index in [0.717, 1.165) is 18.7 Å². The number of nitrogens with zero attached hydrogens (tertiary/aromatic N) is 2. The Kier molecular flexibility index (Phi) is 4.23. The third-order valence-electron chi connectivity index (χ3n) is 3.21. The van der Waals surface area contributed by atoms with Crippen LogP contribution in [0.1, 0.15) is 31.7 Å². The van der Waals surface area contributed by atoms with Crippen LogP contribution in [0.4, 0.5) is 11.6 Å². The highest BCUT2D eigenvalue weighted by Crippen LogP contribution is 2.20. The Morgan fingerprint density at radius 3 is 2.50 bits per heavy atom. The van der Waals surface area contributed by atoms with Crippen LogP contribution in [-0.2, 0) is 6.42 Å². The maximum absolute atomic E-state index is 5.75. The summed E-state index contributed by atoms with van der Waals surface area (Å²) in [5.74, 6) is 1.97. The van der Waals surface area contributed by atoms with Crippen molar-refractivity contribution in [2.24, 2.45) is 0 Å². The molecule has 1 heterocycles. The van der Waals surface area contributed by atoms with Gasteiger partial charge in [-0.3, -0.25) is 0 Å². The molecule has 2 rings (SSSR count). The van der Waals surface area contributed by atoms with E-state index in [1.807, 2.05) is 13.0 Å². The van der Waals surface area contributed by atoms with Crippen molar-refractivity contribution in [1.29, 1.82) is 0 Å². The average molecular weight is 270 g/mol. The van der Waals surface area contributed by atoms with Crippen LogP contribution >= 0.6 is 0 Å². The number of anilines is 2. The van der Waals surface area contributed by atoms with Gasteiger partial charge in [-0.05, 0) is 39.2 Å². The van der Waals surface area contributed by atoms with Gasteiger partial charge in [-0.25, -0.2) is 9.97 Å². The third-order valence-corrected chi connectivity index (χ3v) is 3.21. The third kappa shape index (κ3) is 4.23. The Labute approximate surface area is 120 Å². The molecule has 0 saturated carbocycles. The van der Waals surface area contributed by atoms with E-state index in [2.05, 4.69) is 53.4 Å². The van der Waals surface area contributed by atoms with Crippen LogP contribution in [0.3, 0.4) is 0 Å². The Balaban J connectivity index is 1.99. The van der Waals surface area contributed by atoms with Gasteiger partial charge < -0.3 is 11.1 Å². The number of aryl methyl sites for hydroxylation is 2. The summed E-state index contributed by atoms with van der Waals surface area (Å²) in [4.78, 5) is 8.46. The summed E-state index contributed by atoms with van der Waals surface area (Å²) in [6.07, 6.45) is 2.04. The number of nitrogens with two attached hydrogens (primary N) is 1. The van der Waals surface area contributed by atoms with Gasteiger partial charge >= 0.3 is 0 Å². The number of aromatic nitrogens is 2. The molecule has 0 unspecified atom stereocenters. The molecule has 20 heavy (non-hydrogen) atoms. The quantitative estimate of drug-likeness (QED) is 0.875. The number of hydrogen-bond acceptors (Lipinski definition) is 4. The van der Waals surface area contributed by atoms with Crippen molar-refractivity contribution in [3.63, 3.8) is 0 Å². The molecule has 0 aliphatic heterocycles. The van der Waals surface area contributed by atoms with Crippen molar-refractivity contribution >= 4 is 11.6 Å². The van der Waals surface area contributed by atoms with Gasteiger partial charge in [-0.15, -0.1) is 0 Å². The Morgan fingerprint density at radius 1 is 1.15 bits per heavy atom. The molecule has 2 aromatic rings. The Bertz CT molecular complexity index is 544. The predicted molar refractivity (Wildman–Crippen MR) is 83.6 cm³/mol. The first-order chi connectivity index (χ1) is 9.44. The summed E-state index contributed by atoms with van der Waals surface area (Å²) in [7, 11) is 0. The second-order valence-corrected chi connectivity index (χ2v) is 5.72.